The second-order valence-electron chi connectivity index (χ2n) is 20.6. The van der Waals surface area contributed by atoms with E-state index in [4.69, 9.17) is 13.6 Å². The van der Waals surface area contributed by atoms with Crippen LogP contribution in [0, 0.1) is 0 Å². The van der Waals surface area contributed by atoms with E-state index in [9.17, 15) is 9.59 Å². The average Bonchev–Trinajstić information content (AvgIpc) is 3.46. The van der Waals surface area contributed by atoms with Crippen LogP contribution in [-0.2, 0) is 13.6 Å². The topological polar surface area (TPSA) is 82.6 Å². The van der Waals surface area contributed by atoms with Crippen molar-refractivity contribution in [1.82, 2.24) is 9.55 Å². The second-order valence-corrected chi connectivity index (χ2v) is 56.3. The normalized spacial score (nSPS) is 17.6. The molecule has 56 heavy (non-hydrogen) atoms. The molecule has 1 aromatic rings. The van der Waals surface area contributed by atoms with Gasteiger partial charge < -0.3 is 0 Å². The van der Waals surface area contributed by atoms with Gasteiger partial charge in [-0.25, -0.2) is 0 Å². The van der Waals surface area contributed by atoms with Crippen molar-refractivity contribution in [2.24, 2.45) is 0 Å². The van der Waals surface area contributed by atoms with Crippen molar-refractivity contribution in [3.63, 3.8) is 0 Å². The SMILES string of the molecule is CCC[CH2][Sn]([CH2]CCC)([CH2]CCC)[C]1=C(n2[c]([Sn]([CH2]CCC)([CH2]CCC)[CH2]CCC)cc(=O)[nH]c2=O)O[C@H](CO[Si](C)(C)C(C)(C)C)[C@H]1O[Si](C)(C)C(C)(C)C. The summed E-state index contributed by atoms with van der Waals surface area (Å²) in [4.78, 5) is 31.4. The van der Waals surface area contributed by atoms with E-state index in [-0.39, 0.29) is 33.5 Å². The summed E-state index contributed by atoms with van der Waals surface area (Å²) in [6.07, 6.45) is 13.2. The Hall–Kier alpha value is 0.171. The zero-order chi connectivity index (χ0) is 42.6. The van der Waals surface area contributed by atoms with Crippen molar-refractivity contribution in [1.29, 1.82) is 0 Å². The van der Waals surface area contributed by atoms with Gasteiger partial charge in [0, 0.05) is 0 Å². The Bertz CT molecular complexity index is 1450. The van der Waals surface area contributed by atoms with Crippen LogP contribution in [0.1, 0.15) is 160 Å². The van der Waals surface area contributed by atoms with E-state index in [1.54, 1.807) is 0 Å². The Kier molecular flexibility index (Phi) is 21.3. The maximum absolute atomic E-state index is 14.9. The zero-order valence-corrected chi connectivity index (χ0v) is 47.4. The molecule has 7 nitrogen and oxygen atoms in total. The molecule has 0 saturated carbocycles. The molecule has 326 valence electrons. The molecule has 2 atom stereocenters. The van der Waals surface area contributed by atoms with Crippen molar-refractivity contribution < 1.29 is 13.6 Å². The number of hydrogen-bond donors (Lipinski definition) is 1. The minimum atomic E-state index is -3.46. The van der Waals surface area contributed by atoms with Crippen LogP contribution in [0.25, 0.3) is 5.88 Å². The standard InChI is InChI=1S/C21H36N2O5Si2.6C4H9.2Sn/c1-20(2,3)29(7,8)26-14-16-15(28-30(9,10)21(4,5)6)13-18(27-16)23-12-11-17(24)22-19(23)25;6*1-3-4-2;;/h11,15-16H,14H2,1-10H3,(H,22,24,25);6*1,3-4H2,2H3;;/t15-,16+;;;;;;;;/m0......../s1. The van der Waals surface area contributed by atoms with E-state index in [1.807, 2.05) is 10.6 Å². The quantitative estimate of drug-likeness (QED) is 0.0935. The van der Waals surface area contributed by atoms with Gasteiger partial charge in [0.25, 0.3) is 0 Å². The van der Waals surface area contributed by atoms with Gasteiger partial charge in [0.15, 0.2) is 0 Å². The fourth-order valence-electron chi connectivity index (χ4n) is 8.25. The van der Waals surface area contributed by atoms with Crippen molar-refractivity contribution in [3.05, 3.63) is 30.5 Å². The molecule has 1 aromatic heterocycles. The molecule has 0 spiro atoms. The summed E-state index contributed by atoms with van der Waals surface area (Å²) in [6.45, 7) is 37.7. The number of aromatic nitrogens is 2. The molecule has 1 N–H and O–H groups in total. The van der Waals surface area contributed by atoms with Crippen molar-refractivity contribution in [2.75, 3.05) is 6.61 Å². The third kappa shape index (κ3) is 13.3. The molecule has 0 saturated heterocycles. The van der Waals surface area contributed by atoms with Crippen LogP contribution < -0.4 is 15.0 Å². The molecule has 1 aliphatic heterocycles. The van der Waals surface area contributed by atoms with E-state index in [0.29, 0.717) is 6.61 Å². The molecule has 1 aliphatic rings. The molecule has 0 aromatic carbocycles. The predicted molar refractivity (Wildman–Crippen MR) is 254 cm³/mol. The zero-order valence-electron chi connectivity index (χ0n) is 39.7. The van der Waals surface area contributed by atoms with Crippen LogP contribution in [0.2, 0.25) is 62.9 Å². The number of ether oxygens (including phenoxy) is 1. The van der Waals surface area contributed by atoms with Crippen LogP contribution in [0.15, 0.2) is 19.2 Å². The Morgan fingerprint density at radius 1 is 0.661 bits per heavy atom. The van der Waals surface area contributed by atoms with Crippen LogP contribution >= 0.6 is 0 Å². The van der Waals surface area contributed by atoms with E-state index in [0.717, 1.165) is 80.7 Å². The molecule has 0 radical (unpaired) electrons. The van der Waals surface area contributed by atoms with Gasteiger partial charge in [-0.2, -0.15) is 0 Å². The van der Waals surface area contributed by atoms with Crippen LogP contribution in [0.3, 0.4) is 0 Å². The first-order valence-electron chi connectivity index (χ1n) is 23.2. The summed E-state index contributed by atoms with van der Waals surface area (Å²) in [6, 6.07) is 1.89. The first-order valence-corrected chi connectivity index (χ1v) is 44.0. The average molecular weight is 1030 g/mol. The number of hydrogen-bond acceptors (Lipinski definition) is 5. The second kappa shape index (κ2) is 22.9. The molecule has 0 amide bonds. The summed E-state index contributed by atoms with van der Waals surface area (Å²) in [7, 11) is -4.52. The first-order chi connectivity index (χ1) is 26.1. The van der Waals surface area contributed by atoms with Gasteiger partial charge in [-0.15, -0.1) is 0 Å². The summed E-state index contributed by atoms with van der Waals surface area (Å²) >= 11 is -6.89. The molecule has 0 fully saturated rings. The minimum absolute atomic E-state index is 0.00775. The Labute approximate surface area is 355 Å². The molecular weight excluding hydrogens is 942 g/mol. The molecular formula is C45H90N2O5Si2Sn2. The van der Waals surface area contributed by atoms with E-state index in [1.165, 1.54) is 36.2 Å². The Morgan fingerprint density at radius 3 is 1.43 bits per heavy atom. The van der Waals surface area contributed by atoms with E-state index >= 15 is 0 Å². The van der Waals surface area contributed by atoms with Crippen LogP contribution in [0.4, 0.5) is 0 Å². The molecule has 11 heteroatoms. The summed E-state index contributed by atoms with van der Waals surface area (Å²) < 4.78 is 34.2. The predicted octanol–water partition coefficient (Wildman–Crippen LogP) is 13.0. The molecule has 0 unspecified atom stereocenters. The fourth-order valence-corrected chi connectivity index (χ4v) is 44.7. The monoisotopic (exact) mass is 1030 g/mol. The fraction of sp³-hybridized carbons (Fsp3) is 0.867. The number of H-pyrrole nitrogens is 1. The van der Waals surface area contributed by atoms with Gasteiger partial charge in [-0.05, 0) is 0 Å². The summed E-state index contributed by atoms with van der Waals surface area (Å²) in [5, 5.41) is 0.0357. The van der Waals surface area contributed by atoms with E-state index in [2.05, 4.69) is 114 Å². The van der Waals surface area contributed by atoms with Gasteiger partial charge in [0.1, 0.15) is 0 Å². The van der Waals surface area contributed by atoms with Crippen molar-refractivity contribution in [3.8, 4) is 0 Å². The first kappa shape index (κ1) is 52.3. The van der Waals surface area contributed by atoms with E-state index < -0.39 is 53.4 Å². The number of nitrogens with one attached hydrogen (secondary N) is 1. The number of rotatable bonds is 26. The van der Waals surface area contributed by atoms with Gasteiger partial charge >= 0.3 is 358 Å². The molecule has 2 heterocycles. The van der Waals surface area contributed by atoms with Crippen LogP contribution in [-0.4, -0.2) is 81.8 Å². The van der Waals surface area contributed by atoms with Gasteiger partial charge in [0.05, 0.1) is 0 Å². The summed E-state index contributed by atoms with van der Waals surface area (Å²) in [5.74, 6) is 0.776. The molecule has 0 bridgehead atoms. The maximum atomic E-state index is 14.9. The number of unbranched alkanes of at least 4 members (excludes halogenated alkanes) is 6. The Balaban J connectivity index is 3.33. The third-order valence-electron chi connectivity index (χ3n) is 14.1. The molecule has 0 aliphatic carbocycles. The third-order valence-corrected chi connectivity index (χ3v) is 54.3. The number of aromatic amines is 1. The molecule has 2 rings (SSSR count). The van der Waals surface area contributed by atoms with Gasteiger partial charge in [0.2, 0.25) is 0 Å². The number of nitrogens with zero attached hydrogens (tertiary/aromatic N) is 1. The Morgan fingerprint density at radius 2 is 1.05 bits per heavy atom. The van der Waals surface area contributed by atoms with Crippen LogP contribution in [0.5, 0.6) is 0 Å². The van der Waals surface area contributed by atoms with Crippen molar-refractivity contribution >= 4 is 63.0 Å². The van der Waals surface area contributed by atoms with Crippen molar-refractivity contribution in [2.45, 2.75) is 235 Å². The van der Waals surface area contributed by atoms with Gasteiger partial charge in [-0.3, -0.25) is 0 Å². The van der Waals surface area contributed by atoms with Gasteiger partial charge in [-0.1, -0.05) is 0 Å². The summed E-state index contributed by atoms with van der Waals surface area (Å²) in [5.41, 5.74) is -0.555.